The number of hydrogen-bond acceptors (Lipinski definition) is 5. The molecule has 0 spiro atoms. The second-order valence-electron chi connectivity index (χ2n) is 7.20. The lowest BCUT2D eigenvalue weighted by Gasteiger charge is -2.26. The third-order valence-electron chi connectivity index (χ3n) is 5.68. The molecule has 9 heteroatoms. The number of amides is 1. The second kappa shape index (κ2) is 7.04. The molecule has 0 radical (unpaired) electrons. The molecule has 1 aromatic rings. The first-order valence-electron chi connectivity index (χ1n) is 8.54. The number of halogens is 3. The number of anilines is 1. The molecule has 1 aliphatic heterocycles. The van der Waals surface area contributed by atoms with Gasteiger partial charge in [-0.3, -0.25) is 14.4 Å². The fourth-order valence-corrected chi connectivity index (χ4v) is 6.16. The van der Waals surface area contributed by atoms with E-state index in [1.54, 1.807) is 12.1 Å². The maximum absolute atomic E-state index is 12.6. The predicted octanol–water partition coefficient (Wildman–Crippen LogP) is 3.46. The molecule has 4 rings (SSSR count). The summed E-state index contributed by atoms with van der Waals surface area (Å²) in [7, 11) is 0. The molecule has 2 saturated carbocycles. The van der Waals surface area contributed by atoms with Gasteiger partial charge in [0.25, 0.3) is 5.91 Å². The molecular formula is C18H16Br2ClNO5. The highest BCUT2D eigenvalue weighted by Crippen LogP contribution is 2.60. The summed E-state index contributed by atoms with van der Waals surface area (Å²) in [4.78, 5) is 36.8. The van der Waals surface area contributed by atoms with Gasteiger partial charge in [0, 0.05) is 16.1 Å². The number of carbonyl (C=O) groups excluding carboxylic acids is 3. The maximum Gasteiger partial charge on any atom is 0.310 e. The van der Waals surface area contributed by atoms with Crippen LogP contribution in [0.2, 0.25) is 5.02 Å². The van der Waals surface area contributed by atoms with Gasteiger partial charge in [-0.2, -0.15) is 0 Å². The Balaban J connectivity index is 1.38. The lowest BCUT2D eigenvalue weighted by Crippen LogP contribution is -2.39. The Kier molecular flexibility index (Phi) is 5.01. The highest BCUT2D eigenvalue weighted by molar-refractivity contribution is 9.10. The van der Waals surface area contributed by atoms with Crippen LogP contribution in [-0.2, 0) is 23.9 Å². The molecule has 0 aromatic heterocycles. The van der Waals surface area contributed by atoms with Crippen LogP contribution in [0.5, 0.6) is 0 Å². The molecule has 6 nitrogen and oxygen atoms in total. The maximum atomic E-state index is 12.6. The molecule has 1 amide bonds. The summed E-state index contributed by atoms with van der Waals surface area (Å²) in [5.74, 6) is -2.25. The van der Waals surface area contributed by atoms with Crippen LogP contribution >= 0.6 is 43.5 Å². The first-order valence-corrected chi connectivity index (χ1v) is 10.6. The van der Waals surface area contributed by atoms with Crippen LogP contribution in [0, 0.1) is 30.6 Å². The number of fused-ring (bicyclic) bond motifs is 1. The first-order chi connectivity index (χ1) is 12.8. The Labute approximate surface area is 177 Å². The van der Waals surface area contributed by atoms with Crippen molar-refractivity contribution < 1.29 is 23.9 Å². The predicted molar refractivity (Wildman–Crippen MR) is 105 cm³/mol. The monoisotopic (exact) mass is 519 g/mol. The number of esters is 2. The van der Waals surface area contributed by atoms with E-state index in [0.717, 1.165) is 16.5 Å². The minimum Gasteiger partial charge on any atom is -0.461 e. The van der Waals surface area contributed by atoms with Gasteiger partial charge >= 0.3 is 11.9 Å². The minimum atomic E-state index is -0.553. The van der Waals surface area contributed by atoms with Crippen molar-refractivity contribution in [3.8, 4) is 0 Å². The number of ether oxygens (including phenoxy) is 2. The van der Waals surface area contributed by atoms with E-state index >= 15 is 0 Å². The van der Waals surface area contributed by atoms with Crippen molar-refractivity contribution in [3.05, 3.63) is 27.2 Å². The summed E-state index contributed by atoms with van der Waals surface area (Å²) in [5.41, 5.74) is 1.37. The summed E-state index contributed by atoms with van der Waals surface area (Å²) >= 11 is 12.9. The van der Waals surface area contributed by atoms with Gasteiger partial charge in [-0.05, 0) is 52.9 Å². The summed E-state index contributed by atoms with van der Waals surface area (Å²) in [5, 5.41) is 3.15. The average molecular weight is 522 g/mol. The average Bonchev–Trinajstić information content (AvgIpc) is 3.22. The molecule has 3 aliphatic rings. The molecule has 3 fully saturated rings. The molecule has 2 aliphatic carbocycles. The van der Waals surface area contributed by atoms with E-state index in [-0.39, 0.29) is 28.7 Å². The fraction of sp³-hybridized carbons (Fsp3) is 0.500. The van der Waals surface area contributed by atoms with Crippen molar-refractivity contribution in [2.24, 2.45) is 23.7 Å². The van der Waals surface area contributed by atoms with Gasteiger partial charge in [-0.15, -0.1) is 0 Å². The lowest BCUT2D eigenvalue weighted by atomic mass is 9.80. The van der Waals surface area contributed by atoms with Gasteiger partial charge in [-0.1, -0.05) is 27.5 Å². The van der Waals surface area contributed by atoms with Crippen molar-refractivity contribution in [2.75, 3.05) is 11.9 Å². The topological polar surface area (TPSA) is 81.7 Å². The smallest absolute Gasteiger partial charge is 0.310 e. The molecule has 27 heavy (non-hydrogen) atoms. The van der Waals surface area contributed by atoms with Crippen LogP contribution < -0.4 is 5.32 Å². The van der Waals surface area contributed by atoms with E-state index in [9.17, 15) is 14.4 Å². The van der Waals surface area contributed by atoms with Crippen molar-refractivity contribution in [1.82, 2.24) is 0 Å². The van der Waals surface area contributed by atoms with Gasteiger partial charge in [0.1, 0.15) is 6.10 Å². The largest absolute Gasteiger partial charge is 0.461 e. The molecule has 2 bridgehead atoms. The highest BCUT2D eigenvalue weighted by atomic mass is 79.9. The normalized spacial score (nSPS) is 33.1. The van der Waals surface area contributed by atoms with Crippen LogP contribution in [0.3, 0.4) is 0 Å². The van der Waals surface area contributed by atoms with Gasteiger partial charge in [0.2, 0.25) is 0 Å². The van der Waals surface area contributed by atoms with Gasteiger partial charge in [0.15, 0.2) is 6.61 Å². The van der Waals surface area contributed by atoms with E-state index < -0.39 is 30.3 Å². The first kappa shape index (κ1) is 19.2. The third kappa shape index (κ3) is 3.19. The van der Waals surface area contributed by atoms with Crippen molar-refractivity contribution >= 4 is 67.0 Å². The molecule has 1 N–H and O–H groups in total. The number of aryl methyl sites for hydroxylation is 1. The fourth-order valence-electron chi connectivity index (χ4n) is 4.49. The molecule has 144 valence electrons. The van der Waals surface area contributed by atoms with E-state index in [4.69, 9.17) is 21.1 Å². The Bertz CT molecular complexity index is 847. The zero-order valence-corrected chi connectivity index (χ0v) is 18.1. The standard InChI is InChI=1S/C18H16Br2ClNO5/c1-6-2-9(19)10(21)4-11(6)22-12(23)5-26-17(24)13-7-3-8-14(13)18(25)27-16(8)15(7)20/h2,4,7-8,13-16H,3,5H2,1H3,(H,22,23)/t7-,8-,13-,14+,15+,16+/m1/s1. The van der Waals surface area contributed by atoms with Crippen molar-refractivity contribution in [3.63, 3.8) is 0 Å². The quantitative estimate of drug-likeness (QED) is 0.485. The van der Waals surface area contributed by atoms with Crippen LogP contribution in [0.4, 0.5) is 5.69 Å². The van der Waals surface area contributed by atoms with Crippen molar-refractivity contribution in [1.29, 1.82) is 0 Å². The molecule has 1 heterocycles. The molecule has 6 atom stereocenters. The SMILES string of the molecule is Cc1cc(Br)c(Cl)cc1NC(=O)COC(=O)[C@@H]1[C@H]2C[C@H]3[C@H](OC(=O)[C@@H]31)[C@H]2Br. The zero-order valence-electron chi connectivity index (χ0n) is 14.2. The Morgan fingerprint density at radius 3 is 2.85 bits per heavy atom. The summed E-state index contributed by atoms with van der Waals surface area (Å²) < 4.78 is 11.3. The minimum absolute atomic E-state index is 0.000430. The summed E-state index contributed by atoms with van der Waals surface area (Å²) in [6.45, 7) is 1.41. The Hall–Kier alpha value is -1.12. The van der Waals surface area contributed by atoms with E-state index in [1.807, 2.05) is 6.92 Å². The number of alkyl halides is 1. The number of hydrogen-bond donors (Lipinski definition) is 1. The van der Waals surface area contributed by atoms with Crippen LogP contribution in [0.25, 0.3) is 0 Å². The third-order valence-corrected chi connectivity index (χ3v) is 8.08. The molecule has 0 unspecified atom stereocenters. The molecular weight excluding hydrogens is 505 g/mol. The lowest BCUT2D eigenvalue weighted by molar-refractivity contribution is -0.157. The molecule has 1 saturated heterocycles. The van der Waals surface area contributed by atoms with Crippen LogP contribution in [-0.4, -0.2) is 35.4 Å². The molecule has 1 aromatic carbocycles. The summed E-state index contributed by atoms with van der Waals surface area (Å²) in [6.07, 6.45) is 0.615. The Morgan fingerprint density at radius 1 is 1.37 bits per heavy atom. The van der Waals surface area contributed by atoms with Gasteiger partial charge < -0.3 is 14.8 Å². The number of benzene rings is 1. The number of rotatable bonds is 4. The van der Waals surface area contributed by atoms with Crippen LogP contribution in [0.1, 0.15) is 12.0 Å². The zero-order chi connectivity index (χ0) is 19.5. The van der Waals surface area contributed by atoms with E-state index in [2.05, 4.69) is 37.2 Å². The van der Waals surface area contributed by atoms with Gasteiger partial charge in [0.05, 0.1) is 21.7 Å². The number of carbonyl (C=O) groups is 3. The van der Waals surface area contributed by atoms with Crippen LogP contribution in [0.15, 0.2) is 16.6 Å². The Morgan fingerprint density at radius 2 is 2.11 bits per heavy atom. The summed E-state index contributed by atoms with van der Waals surface area (Å²) in [6, 6.07) is 3.41. The second-order valence-corrected chi connectivity index (χ2v) is 9.52. The van der Waals surface area contributed by atoms with Crippen molar-refractivity contribution in [2.45, 2.75) is 24.3 Å². The van der Waals surface area contributed by atoms with Gasteiger partial charge in [-0.25, -0.2) is 0 Å². The van der Waals surface area contributed by atoms with E-state index in [1.165, 1.54) is 0 Å². The highest BCUT2D eigenvalue weighted by Gasteiger charge is 2.68. The number of nitrogens with one attached hydrogen (secondary N) is 1. The van der Waals surface area contributed by atoms with E-state index in [0.29, 0.717) is 10.7 Å².